The summed E-state index contributed by atoms with van der Waals surface area (Å²) in [6.45, 7) is 5.42. The predicted octanol–water partition coefficient (Wildman–Crippen LogP) is 2.73. The van der Waals surface area contributed by atoms with Gasteiger partial charge in [0.05, 0.1) is 43.8 Å². The van der Waals surface area contributed by atoms with E-state index in [1.807, 2.05) is 12.1 Å². The number of hydrogen-bond acceptors (Lipinski definition) is 10. The van der Waals surface area contributed by atoms with Crippen molar-refractivity contribution in [2.45, 2.75) is 19.8 Å². The van der Waals surface area contributed by atoms with Crippen LogP contribution in [0.3, 0.4) is 0 Å². The maximum absolute atomic E-state index is 13.9. The lowest BCUT2D eigenvalue weighted by atomic mass is 10.2. The first-order chi connectivity index (χ1) is 19.4. The number of fused-ring (bicyclic) bond motifs is 1. The first-order valence-corrected chi connectivity index (χ1v) is 13.3. The number of amides is 1. The van der Waals surface area contributed by atoms with E-state index in [1.165, 1.54) is 18.5 Å². The molecule has 40 heavy (non-hydrogen) atoms. The van der Waals surface area contributed by atoms with Gasteiger partial charge in [-0.3, -0.25) is 14.8 Å². The molecule has 0 unspecified atom stereocenters. The molecule has 0 spiro atoms. The summed E-state index contributed by atoms with van der Waals surface area (Å²) in [4.78, 5) is 22.8. The van der Waals surface area contributed by atoms with E-state index in [4.69, 9.17) is 15.2 Å². The number of benzene rings is 2. The lowest BCUT2D eigenvalue weighted by Crippen LogP contribution is -2.41. The van der Waals surface area contributed by atoms with Gasteiger partial charge in [-0.05, 0) is 43.7 Å². The van der Waals surface area contributed by atoms with E-state index in [-0.39, 0.29) is 19.0 Å². The zero-order valence-corrected chi connectivity index (χ0v) is 22.8. The monoisotopic (exact) mass is 553 g/mol. The van der Waals surface area contributed by atoms with Crippen molar-refractivity contribution in [2.24, 2.45) is 5.73 Å². The third-order valence-corrected chi connectivity index (χ3v) is 6.39. The van der Waals surface area contributed by atoms with Crippen molar-refractivity contribution in [3.63, 3.8) is 0 Å². The lowest BCUT2D eigenvalue weighted by Gasteiger charge is -2.29. The van der Waals surface area contributed by atoms with Crippen LogP contribution in [0.15, 0.2) is 54.6 Å². The van der Waals surface area contributed by atoms with E-state index in [2.05, 4.69) is 27.1 Å². The van der Waals surface area contributed by atoms with E-state index in [9.17, 15) is 14.3 Å². The third-order valence-electron chi connectivity index (χ3n) is 6.39. The first kappa shape index (κ1) is 28.8. The van der Waals surface area contributed by atoms with Crippen molar-refractivity contribution in [1.29, 1.82) is 0 Å². The number of aliphatic hydroxyl groups excluding tert-OH is 1. The fourth-order valence-electron chi connectivity index (χ4n) is 4.63. The Bertz CT molecular complexity index is 1330. The van der Waals surface area contributed by atoms with Crippen LogP contribution in [-0.4, -0.2) is 83.9 Å². The number of nitrogens with one attached hydrogen (secondary N) is 1. The first-order valence-electron chi connectivity index (χ1n) is 13.3. The van der Waals surface area contributed by atoms with Crippen LogP contribution in [0, 0.1) is 5.82 Å². The maximum Gasteiger partial charge on any atom is 0.239 e. The largest absolute Gasteiger partial charge is 0.493 e. The number of methoxy groups -OCH3 is 1. The second-order valence-electron chi connectivity index (χ2n) is 9.39. The molecule has 0 fully saturated rings. The molecule has 0 radical (unpaired) electrons. The molecule has 11 nitrogen and oxygen atoms in total. The van der Waals surface area contributed by atoms with Gasteiger partial charge in [0.15, 0.2) is 11.5 Å². The number of ether oxygens (including phenoxy) is 2. The standard InChI is InChI=1S/C28H36FN7O4/c1-3-8-34(10-11-37)9-5-12-40-26-15-24-23(14-25(26)39-2)28(32-19-31-24)33-21-16-35(18-27(30)38)36(17-21)22-7-4-6-20(29)13-22/h4,6-7,13-16,19,37H,3,5,8-12,17-18H2,1-2H3,(H2,30,38)(H,31,32,33). The van der Waals surface area contributed by atoms with Crippen LogP contribution >= 0.6 is 0 Å². The summed E-state index contributed by atoms with van der Waals surface area (Å²) in [5, 5.41) is 16.7. The normalized spacial score (nSPS) is 13.2. The van der Waals surface area contributed by atoms with Gasteiger partial charge in [0.25, 0.3) is 0 Å². The Morgan fingerprint density at radius 2 is 2.05 bits per heavy atom. The number of hydrogen-bond donors (Lipinski definition) is 3. The summed E-state index contributed by atoms with van der Waals surface area (Å²) >= 11 is 0. The van der Waals surface area contributed by atoms with E-state index < -0.39 is 5.91 Å². The highest BCUT2D eigenvalue weighted by molar-refractivity contribution is 5.92. The Balaban J connectivity index is 1.50. The highest BCUT2D eigenvalue weighted by Gasteiger charge is 2.25. The molecule has 12 heteroatoms. The molecular formula is C28H36FN7O4. The van der Waals surface area contributed by atoms with E-state index in [0.29, 0.717) is 48.2 Å². The number of rotatable bonds is 15. The van der Waals surface area contributed by atoms with Gasteiger partial charge in [-0.25, -0.2) is 14.4 Å². The summed E-state index contributed by atoms with van der Waals surface area (Å²) in [6, 6.07) is 9.77. The van der Waals surface area contributed by atoms with Crippen LogP contribution in [0.25, 0.3) is 10.9 Å². The highest BCUT2D eigenvalue weighted by Crippen LogP contribution is 2.35. The Labute approximate surface area is 233 Å². The van der Waals surface area contributed by atoms with Gasteiger partial charge in [-0.15, -0.1) is 0 Å². The van der Waals surface area contributed by atoms with Crippen molar-refractivity contribution in [3.05, 3.63) is 60.4 Å². The number of primary amides is 1. The number of nitrogens with two attached hydrogens (primary N) is 1. The minimum absolute atomic E-state index is 0.0725. The van der Waals surface area contributed by atoms with Crippen LogP contribution in [0.1, 0.15) is 19.8 Å². The molecule has 1 aliphatic heterocycles. The molecule has 0 atom stereocenters. The molecule has 0 saturated carbocycles. The van der Waals surface area contributed by atoms with Gasteiger partial charge >= 0.3 is 0 Å². The Hall–Kier alpha value is -4.16. The molecule has 1 aliphatic rings. The fourth-order valence-corrected chi connectivity index (χ4v) is 4.63. The molecule has 0 saturated heterocycles. The number of aliphatic hydroxyl groups is 1. The van der Waals surface area contributed by atoms with Gasteiger partial charge in [0, 0.05) is 30.7 Å². The topological polar surface area (TPSA) is 129 Å². The minimum Gasteiger partial charge on any atom is -0.493 e. The molecule has 2 heterocycles. The molecular weight excluding hydrogens is 517 g/mol. The SMILES string of the molecule is CCCN(CCO)CCCOc1cc2ncnc(NC3=CN(CC(N)=O)N(c4cccc(F)c4)C3)c2cc1OC. The molecule has 3 aromatic rings. The molecule has 2 aromatic carbocycles. The fraction of sp³-hybridized carbons (Fsp3) is 0.393. The molecule has 0 aliphatic carbocycles. The van der Waals surface area contributed by atoms with Gasteiger partial charge in [0.1, 0.15) is 24.5 Å². The number of halogens is 1. The maximum atomic E-state index is 13.9. The van der Waals surface area contributed by atoms with Crippen molar-refractivity contribution in [1.82, 2.24) is 19.9 Å². The van der Waals surface area contributed by atoms with Crippen LogP contribution < -0.4 is 25.5 Å². The van der Waals surface area contributed by atoms with Crippen molar-refractivity contribution < 1.29 is 23.8 Å². The number of nitrogens with zero attached hydrogens (tertiary/aromatic N) is 5. The number of carbonyl (C=O) groups is 1. The summed E-state index contributed by atoms with van der Waals surface area (Å²) < 4.78 is 25.6. The average molecular weight is 554 g/mol. The van der Waals surface area contributed by atoms with Crippen LogP contribution in [0.4, 0.5) is 15.9 Å². The average Bonchev–Trinajstić information content (AvgIpc) is 3.32. The minimum atomic E-state index is -0.518. The van der Waals surface area contributed by atoms with Crippen LogP contribution in [0.5, 0.6) is 11.5 Å². The molecule has 1 amide bonds. The number of aromatic nitrogens is 2. The van der Waals surface area contributed by atoms with Crippen molar-refractivity contribution in [2.75, 3.05) is 63.4 Å². The molecule has 214 valence electrons. The molecule has 4 rings (SSSR count). The predicted molar refractivity (Wildman–Crippen MR) is 151 cm³/mol. The Morgan fingerprint density at radius 3 is 2.77 bits per heavy atom. The zero-order chi connectivity index (χ0) is 28.5. The van der Waals surface area contributed by atoms with Gasteiger partial charge in [0.2, 0.25) is 5.91 Å². The number of hydrazine groups is 1. The van der Waals surface area contributed by atoms with Crippen LogP contribution in [-0.2, 0) is 4.79 Å². The summed E-state index contributed by atoms with van der Waals surface area (Å²) in [5.74, 6) is 0.765. The van der Waals surface area contributed by atoms with E-state index in [1.54, 1.807) is 35.5 Å². The van der Waals surface area contributed by atoms with E-state index in [0.717, 1.165) is 37.0 Å². The summed E-state index contributed by atoms with van der Waals surface area (Å²) in [7, 11) is 1.58. The van der Waals surface area contributed by atoms with Crippen molar-refractivity contribution >= 4 is 28.3 Å². The Kier molecular flexibility index (Phi) is 9.92. The molecule has 1 aromatic heterocycles. The van der Waals surface area contributed by atoms with Crippen molar-refractivity contribution in [3.8, 4) is 11.5 Å². The third kappa shape index (κ3) is 7.27. The quantitative estimate of drug-likeness (QED) is 0.242. The van der Waals surface area contributed by atoms with Crippen LogP contribution in [0.2, 0.25) is 0 Å². The molecule has 4 N–H and O–H groups in total. The number of anilines is 2. The number of carbonyl (C=O) groups excluding carboxylic acids is 1. The second-order valence-corrected chi connectivity index (χ2v) is 9.39. The smallest absolute Gasteiger partial charge is 0.239 e. The lowest BCUT2D eigenvalue weighted by molar-refractivity contribution is -0.118. The second kappa shape index (κ2) is 13.8. The summed E-state index contributed by atoms with van der Waals surface area (Å²) in [5.41, 5.74) is 7.43. The van der Waals surface area contributed by atoms with E-state index >= 15 is 0 Å². The van der Waals surface area contributed by atoms with Gasteiger partial charge < -0.3 is 30.5 Å². The zero-order valence-electron chi connectivity index (χ0n) is 22.8. The Morgan fingerprint density at radius 1 is 1.20 bits per heavy atom. The molecule has 0 bridgehead atoms. The van der Waals surface area contributed by atoms with Gasteiger partial charge in [-0.1, -0.05) is 13.0 Å². The summed E-state index contributed by atoms with van der Waals surface area (Å²) in [6.07, 6.45) is 5.03. The van der Waals surface area contributed by atoms with Gasteiger partial charge in [-0.2, -0.15) is 0 Å². The highest BCUT2D eigenvalue weighted by atomic mass is 19.1.